The molecule has 0 saturated carbocycles. The molecule has 21 heavy (non-hydrogen) atoms. The van der Waals surface area contributed by atoms with E-state index in [4.69, 9.17) is 0 Å². The van der Waals surface area contributed by atoms with Crippen molar-refractivity contribution in [2.75, 3.05) is 11.9 Å². The summed E-state index contributed by atoms with van der Waals surface area (Å²) in [6, 6.07) is -0.282. The summed E-state index contributed by atoms with van der Waals surface area (Å²) >= 11 is 0. The van der Waals surface area contributed by atoms with Crippen molar-refractivity contribution in [1.82, 2.24) is 15.1 Å². The minimum Gasteiger partial charge on any atom is -0.392 e. The van der Waals surface area contributed by atoms with Crippen molar-refractivity contribution in [2.24, 2.45) is 11.3 Å². The number of aliphatic hydroxyl groups excluding tert-OH is 1. The number of amides is 2. The Hall–Kier alpha value is -1.56. The third-order valence-electron chi connectivity index (χ3n) is 3.48. The number of nitrogens with one attached hydrogen (secondary N) is 2. The van der Waals surface area contributed by atoms with E-state index in [1.165, 1.54) is 0 Å². The molecule has 6 heteroatoms. The zero-order chi connectivity index (χ0) is 16.0. The van der Waals surface area contributed by atoms with E-state index >= 15 is 0 Å². The number of aromatic nitrogens is 2. The van der Waals surface area contributed by atoms with Crippen molar-refractivity contribution in [2.45, 2.75) is 53.7 Å². The van der Waals surface area contributed by atoms with Crippen LogP contribution in [0.15, 0.2) is 12.4 Å². The predicted molar refractivity (Wildman–Crippen MR) is 84.2 cm³/mol. The molecule has 0 aliphatic heterocycles. The monoisotopic (exact) mass is 296 g/mol. The van der Waals surface area contributed by atoms with Gasteiger partial charge in [0.05, 0.1) is 18.0 Å². The van der Waals surface area contributed by atoms with Gasteiger partial charge < -0.3 is 15.7 Å². The average Bonchev–Trinajstić information content (AvgIpc) is 2.83. The molecule has 1 aromatic heterocycles. The molecule has 0 saturated heterocycles. The van der Waals surface area contributed by atoms with E-state index in [2.05, 4.69) is 22.7 Å². The Kier molecular flexibility index (Phi) is 6.20. The first-order valence-corrected chi connectivity index (χ1v) is 7.51. The molecule has 120 valence electrons. The van der Waals surface area contributed by atoms with Crippen molar-refractivity contribution in [3.8, 4) is 0 Å². The van der Waals surface area contributed by atoms with Crippen LogP contribution in [-0.4, -0.2) is 33.6 Å². The summed E-state index contributed by atoms with van der Waals surface area (Å²) in [6.45, 7) is 11.1. The highest BCUT2D eigenvalue weighted by Gasteiger charge is 2.30. The van der Waals surface area contributed by atoms with E-state index in [9.17, 15) is 9.90 Å². The lowest BCUT2D eigenvalue weighted by molar-refractivity contribution is 0.0154. The number of carbonyl (C=O) groups excluding carboxylic acids is 1. The van der Waals surface area contributed by atoms with Gasteiger partial charge in [0.2, 0.25) is 0 Å². The van der Waals surface area contributed by atoms with Crippen LogP contribution < -0.4 is 10.6 Å². The predicted octanol–water partition coefficient (Wildman–Crippen LogP) is 2.46. The molecule has 0 aliphatic carbocycles. The number of hydrogen-bond donors (Lipinski definition) is 3. The van der Waals surface area contributed by atoms with Crippen LogP contribution in [0.5, 0.6) is 0 Å². The maximum atomic E-state index is 11.9. The summed E-state index contributed by atoms with van der Waals surface area (Å²) < 4.78 is 1.79. The highest BCUT2D eigenvalue weighted by molar-refractivity contribution is 5.88. The molecule has 3 N–H and O–H groups in total. The molecule has 0 radical (unpaired) electrons. The lowest BCUT2D eigenvalue weighted by Gasteiger charge is -2.33. The molecular formula is C15H28N4O2. The van der Waals surface area contributed by atoms with Crippen LogP contribution in [0, 0.1) is 11.3 Å². The molecule has 0 aromatic carbocycles. The first-order valence-electron chi connectivity index (χ1n) is 7.51. The van der Waals surface area contributed by atoms with Gasteiger partial charge in [-0.2, -0.15) is 5.10 Å². The fourth-order valence-corrected chi connectivity index (χ4v) is 2.27. The third kappa shape index (κ3) is 5.38. The largest absolute Gasteiger partial charge is 0.392 e. The molecule has 0 bridgehead atoms. The fraction of sp³-hybridized carbons (Fsp3) is 0.733. The number of nitrogens with zero attached hydrogens (tertiary/aromatic N) is 2. The van der Waals surface area contributed by atoms with Gasteiger partial charge in [0, 0.05) is 24.7 Å². The second-order valence-corrected chi connectivity index (χ2v) is 6.48. The van der Waals surface area contributed by atoms with E-state index in [0.717, 1.165) is 13.0 Å². The lowest BCUT2D eigenvalue weighted by atomic mass is 9.81. The van der Waals surface area contributed by atoms with Gasteiger partial charge in [-0.3, -0.25) is 4.68 Å². The van der Waals surface area contributed by atoms with Crippen LogP contribution in [-0.2, 0) is 6.54 Å². The van der Waals surface area contributed by atoms with Gasteiger partial charge in [-0.05, 0) is 12.3 Å². The number of anilines is 1. The number of aliphatic hydroxyl groups is 1. The first-order chi connectivity index (χ1) is 9.76. The van der Waals surface area contributed by atoms with Crippen molar-refractivity contribution in [3.05, 3.63) is 12.4 Å². The Morgan fingerprint density at radius 3 is 2.71 bits per heavy atom. The normalized spacial score (nSPS) is 13.3. The topological polar surface area (TPSA) is 79.2 Å². The molecule has 1 atom stereocenters. The van der Waals surface area contributed by atoms with Gasteiger partial charge in [-0.1, -0.05) is 34.6 Å². The minimum atomic E-state index is -0.467. The van der Waals surface area contributed by atoms with Crippen molar-refractivity contribution in [3.63, 3.8) is 0 Å². The molecule has 0 aliphatic rings. The van der Waals surface area contributed by atoms with Crippen LogP contribution in [0.3, 0.4) is 0 Å². The molecule has 6 nitrogen and oxygen atoms in total. The molecule has 0 fully saturated rings. The molecular weight excluding hydrogens is 268 g/mol. The fourth-order valence-electron chi connectivity index (χ4n) is 2.27. The molecule has 1 aromatic rings. The van der Waals surface area contributed by atoms with Gasteiger partial charge >= 0.3 is 6.03 Å². The molecule has 0 spiro atoms. The van der Waals surface area contributed by atoms with Gasteiger partial charge in [-0.25, -0.2) is 4.79 Å². The van der Waals surface area contributed by atoms with E-state index in [-0.39, 0.29) is 17.4 Å². The van der Waals surface area contributed by atoms with Crippen LogP contribution in [0.1, 0.15) is 41.0 Å². The average molecular weight is 296 g/mol. The number of aryl methyl sites for hydroxylation is 1. The van der Waals surface area contributed by atoms with Crippen LogP contribution in [0.25, 0.3) is 0 Å². The first kappa shape index (κ1) is 17.5. The third-order valence-corrected chi connectivity index (χ3v) is 3.48. The summed E-state index contributed by atoms with van der Waals surface area (Å²) in [4.78, 5) is 11.9. The highest BCUT2D eigenvalue weighted by atomic mass is 16.3. The van der Waals surface area contributed by atoms with Gasteiger partial charge in [0.1, 0.15) is 0 Å². The highest BCUT2D eigenvalue weighted by Crippen LogP contribution is 2.25. The maximum absolute atomic E-state index is 11.9. The van der Waals surface area contributed by atoms with E-state index < -0.39 is 6.10 Å². The van der Waals surface area contributed by atoms with Gasteiger partial charge in [-0.15, -0.1) is 0 Å². The van der Waals surface area contributed by atoms with Crippen LogP contribution in [0.4, 0.5) is 10.5 Å². The summed E-state index contributed by atoms with van der Waals surface area (Å²) in [5.74, 6) is 0.150. The molecule has 1 rings (SSSR count). The molecule has 1 heterocycles. The number of hydrogen-bond acceptors (Lipinski definition) is 3. The smallest absolute Gasteiger partial charge is 0.319 e. The Labute approximate surface area is 126 Å². The van der Waals surface area contributed by atoms with E-state index in [0.29, 0.717) is 12.2 Å². The number of carbonyl (C=O) groups is 1. The van der Waals surface area contributed by atoms with E-state index in [1.807, 2.05) is 27.7 Å². The zero-order valence-corrected chi connectivity index (χ0v) is 13.7. The van der Waals surface area contributed by atoms with Gasteiger partial charge in [0.15, 0.2) is 0 Å². The summed E-state index contributed by atoms with van der Waals surface area (Å²) in [5.41, 5.74) is 0.293. The summed E-state index contributed by atoms with van der Waals surface area (Å²) in [7, 11) is 0. The SMILES string of the molecule is CCCn1cc(NC(=O)NCC(C)(C)C(O)C(C)C)cn1. The standard InChI is InChI=1S/C15H28N4O2/c1-6-7-19-9-12(8-17-19)18-14(21)16-10-15(4,5)13(20)11(2)3/h8-9,11,13,20H,6-7,10H2,1-5H3,(H2,16,18,21). The van der Waals surface area contributed by atoms with Crippen molar-refractivity contribution in [1.29, 1.82) is 0 Å². The molecule has 2 amide bonds. The van der Waals surface area contributed by atoms with Gasteiger partial charge in [0.25, 0.3) is 0 Å². The Morgan fingerprint density at radius 2 is 2.14 bits per heavy atom. The number of urea groups is 1. The summed E-state index contributed by atoms with van der Waals surface area (Å²) in [6.07, 6.45) is 3.96. The van der Waals surface area contributed by atoms with Crippen LogP contribution in [0.2, 0.25) is 0 Å². The zero-order valence-electron chi connectivity index (χ0n) is 13.7. The minimum absolute atomic E-state index is 0.150. The Bertz CT molecular complexity index is 454. The summed E-state index contributed by atoms with van der Waals surface area (Å²) in [5, 5.41) is 19.8. The quantitative estimate of drug-likeness (QED) is 0.723. The number of rotatable bonds is 7. The van der Waals surface area contributed by atoms with Crippen LogP contribution >= 0.6 is 0 Å². The maximum Gasteiger partial charge on any atom is 0.319 e. The lowest BCUT2D eigenvalue weighted by Crippen LogP contribution is -2.44. The Balaban J connectivity index is 2.46. The van der Waals surface area contributed by atoms with E-state index in [1.54, 1.807) is 17.1 Å². The second-order valence-electron chi connectivity index (χ2n) is 6.48. The second kappa shape index (κ2) is 7.45. The molecule has 1 unspecified atom stereocenters. The van der Waals surface area contributed by atoms with Crippen molar-refractivity contribution >= 4 is 11.7 Å². The Morgan fingerprint density at radius 1 is 1.48 bits per heavy atom. The van der Waals surface area contributed by atoms with Crippen molar-refractivity contribution < 1.29 is 9.90 Å².